The Labute approximate surface area is 109 Å². The Balaban J connectivity index is 2.79. The number of thioether (sulfide) groups is 1. The van der Waals surface area contributed by atoms with E-state index in [1.165, 1.54) is 0 Å². The van der Waals surface area contributed by atoms with Gasteiger partial charge < -0.3 is 10.6 Å². The molecule has 2 N–H and O–H groups in total. The number of hydrogen-bond donors (Lipinski definition) is 1. The van der Waals surface area contributed by atoms with Gasteiger partial charge in [-0.2, -0.15) is 11.8 Å². The van der Waals surface area contributed by atoms with Gasteiger partial charge >= 0.3 is 0 Å². The zero-order valence-corrected chi connectivity index (χ0v) is 11.8. The number of benzene rings is 1. The number of anilines is 1. The lowest BCUT2D eigenvalue weighted by Crippen LogP contribution is -2.29. The van der Waals surface area contributed by atoms with Crippen LogP contribution >= 0.6 is 27.7 Å². The average molecular weight is 303 g/mol. The van der Waals surface area contributed by atoms with Crippen LogP contribution in [0.4, 0.5) is 5.69 Å². The van der Waals surface area contributed by atoms with Gasteiger partial charge in [-0.1, -0.05) is 15.9 Å². The molecule has 1 amide bonds. The van der Waals surface area contributed by atoms with Crippen LogP contribution in [-0.2, 0) is 0 Å². The van der Waals surface area contributed by atoms with Gasteiger partial charge in [0.05, 0.1) is 5.56 Å². The van der Waals surface area contributed by atoms with E-state index in [0.29, 0.717) is 11.3 Å². The molecule has 0 fully saturated rings. The van der Waals surface area contributed by atoms with E-state index >= 15 is 0 Å². The van der Waals surface area contributed by atoms with E-state index in [1.54, 1.807) is 35.8 Å². The minimum atomic E-state index is -0.0287. The van der Waals surface area contributed by atoms with Crippen LogP contribution in [-0.4, -0.2) is 36.4 Å². The van der Waals surface area contributed by atoms with E-state index in [1.807, 2.05) is 12.3 Å². The Morgan fingerprint density at radius 2 is 2.25 bits per heavy atom. The minimum Gasteiger partial charge on any atom is -0.398 e. The molecular formula is C11H15BrN2OS. The SMILES string of the molecule is CSCCN(C)C(=O)c1ccc(Br)cc1N. The predicted molar refractivity (Wildman–Crippen MR) is 73.9 cm³/mol. The van der Waals surface area contributed by atoms with Crippen molar-refractivity contribution < 1.29 is 4.79 Å². The summed E-state index contributed by atoms with van der Waals surface area (Å²) in [5.74, 6) is 0.901. The van der Waals surface area contributed by atoms with Crippen LogP contribution in [0, 0.1) is 0 Å². The van der Waals surface area contributed by atoms with E-state index in [0.717, 1.165) is 16.8 Å². The third-order valence-electron chi connectivity index (χ3n) is 2.22. The quantitative estimate of drug-likeness (QED) is 0.869. The Morgan fingerprint density at radius 1 is 1.56 bits per heavy atom. The van der Waals surface area contributed by atoms with E-state index in [2.05, 4.69) is 15.9 Å². The molecule has 1 aromatic rings. The van der Waals surface area contributed by atoms with Crippen LogP contribution in [0.3, 0.4) is 0 Å². The number of nitrogens with two attached hydrogens (primary N) is 1. The first kappa shape index (κ1) is 13.4. The highest BCUT2D eigenvalue weighted by Crippen LogP contribution is 2.19. The van der Waals surface area contributed by atoms with Crippen LogP contribution in [0.5, 0.6) is 0 Å². The second-order valence-corrected chi connectivity index (χ2v) is 5.35. The van der Waals surface area contributed by atoms with Gasteiger partial charge in [0.15, 0.2) is 0 Å². The number of rotatable bonds is 4. The van der Waals surface area contributed by atoms with Crippen molar-refractivity contribution in [3.63, 3.8) is 0 Å². The Morgan fingerprint density at radius 3 is 2.81 bits per heavy atom. The van der Waals surface area contributed by atoms with Gasteiger partial charge in [-0.25, -0.2) is 0 Å². The molecule has 1 aromatic carbocycles. The number of carbonyl (C=O) groups is 1. The van der Waals surface area contributed by atoms with Crippen molar-refractivity contribution in [2.45, 2.75) is 0 Å². The fourth-order valence-corrected chi connectivity index (χ4v) is 2.10. The molecule has 0 saturated carbocycles. The number of nitrogen functional groups attached to an aromatic ring is 1. The maximum Gasteiger partial charge on any atom is 0.255 e. The lowest BCUT2D eigenvalue weighted by Gasteiger charge is -2.17. The van der Waals surface area contributed by atoms with Gasteiger partial charge in [0.1, 0.15) is 0 Å². The molecule has 0 heterocycles. The highest BCUT2D eigenvalue weighted by atomic mass is 79.9. The largest absolute Gasteiger partial charge is 0.398 e. The fraction of sp³-hybridized carbons (Fsp3) is 0.364. The van der Waals surface area contributed by atoms with Crippen molar-refractivity contribution in [1.29, 1.82) is 0 Å². The maximum absolute atomic E-state index is 12.0. The van der Waals surface area contributed by atoms with Crippen molar-refractivity contribution in [3.05, 3.63) is 28.2 Å². The summed E-state index contributed by atoms with van der Waals surface area (Å²) in [7, 11) is 1.79. The molecule has 0 bridgehead atoms. The Bertz CT molecular complexity index is 384. The number of hydrogen-bond acceptors (Lipinski definition) is 3. The van der Waals surface area contributed by atoms with Gasteiger partial charge in [0.25, 0.3) is 5.91 Å². The van der Waals surface area contributed by atoms with Crippen LogP contribution in [0.25, 0.3) is 0 Å². The van der Waals surface area contributed by atoms with Gasteiger partial charge in [0, 0.05) is 29.5 Å². The fourth-order valence-electron chi connectivity index (χ4n) is 1.26. The van der Waals surface area contributed by atoms with Crippen LogP contribution < -0.4 is 5.73 Å². The second kappa shape index (κ2) is 6.15. The smallest absolute Gasteiger partial charge is 0.255 e. The molecule has 0 unspecified atom stereocenters. The lowest BCUT2D eigenvalue weighted by atomic mass is 10.1. The first-order valence-electron chi connectivity index (χ1n) is 4.85. The third-order valence-corrected chi connectivity index (χ3v) is 3.31. The number of carbonyl (C=O) groups excluding carboxylic acids is 1. The van der Waals surface area contributed by atoms with Crippen molar-refractivity contribution in [2.75, 3.05) is 31.3 Å². The zero-order valence-electron chi connectivity index (χ0n) is 9.37. The molecule has 5 heteroatoms. The van der Waals surface area contributed by atoms with Crippen LogP contribution in [0.15, 0.2) is 22.7 Å². The summed E-state index contributed by atoms with van der Waals surface area (Å²) in [4.78, 5) is 13.7. The summed E-state index contributed by atoms with van der Waals surface area (Å²) in [5, 5.41) is 0. The van der Waals surface area contributed by atoms with E-state index in [-0.39, 0.29) is 5.91 Å². The molecule has 16 heavy (non-hydrogen) atoms. The average Bonchev–Trinajstić information content (AvgIpc) is 2.25. The van der Waals surface area contributed by atoms with E-state index in [4.69, 9.17) is 5.73 Å². The molecule has 88 valence electrons. The summed E-state index contributed by atoms with van der Waals surface area (Å²) >= 11 is 5.03. The van der Waals surface area contributed by atoms with Crippen LogP contribution in [0.1, 0.15) is 10.4 Å². The van der Waals surface area contributed by atoms with Gasteiger partial charge in [-0.3, -0.25) is 4.79 Å². The summed E-state index contributed by atoms with van der Waals surface area (Å²) in [6.07, 6.45) is 2.02. The predicted octanol–water partition coefficient (Wildman–Crippen LogP) is 2.47. The number of nitrogens with zero attached hydrogens (tertiary/aromatic N) is 1. The van der Waals surface area contributed by atoms with Crippen molar-refractivity contribution in [2.24, 2.45) is 0 Å². The van der Waals surface area contributed by atoms with E-state index in [9.17, 15) is 4.79 Å². The highest BCUT2D eigenvalue weighted by molar-refractivity contribution is 9.10. The summed E-state index contributed by atoms with van der Waals surface area (Å²) in [6, 6.07) is 5.32. The number of halogens is 1. The molecule has 0 saturated heterocycles. The first-order chi connectivity index (χ1) is 7.56. The van der Waals surface area contributed by atoms with Crippen LogP contribution in [0.2, 0.25) is 0 Å². The summed E-state index contributed by atoms with van der Waals surface area (Å²) < 4.78 is 0.883. The molecule has 0 atom stereocenters. The monoisotopic (exact) mass is 302 g/mol. The molecule has 0 aromatic heterocycles. The Kier molecular flexibility index (Phi) is 5.15. The lowest BCUT2D eigenvalue weighted by molar-refractivity contribution is 0.0805. The molecular weight excluding hydrogens is 288 g/mol. The minimum absolute atomic E-state index is 0.0287. The highest BCUT2D eigenvalue weighted by Gasteiger charge is 2.14. The normalized spacial score (nSPS) is 10.2. The van der Waals surface area contributed by atoms with Crippen molar-refractivity contribution >= 4 is 39.3 Å². The molecule has 0 radical (unpaired) electrons. The zero-order chi connectivity index (χ0) is 12.1. The number of amides is 1. The summed E-state index contributed by atoms with van der Waals surface area (Å²) in [5.41, 5.74) is 6.88. The molecule has 1 rings (SSSR count). The van der Waals surface area contributed by atoms with Gasteiger partial charge in [-0.15, -0.1) is 0 Å². The summed E-state index contributed by atoms with van der Waals surface area (Å²) in [6.45, 7) is 0.732. The molecule has 0 spiro atoms. The van der Waals surface area contributed by atoms with Crippen molar-refractivity contribution in [1.82, 2.24) is 4.90 Å². The Hall–Kier alpha value is -0.680. The molecule has 3 nitrogen and oxygen atoms in total. The maximum atomic E-state index is 12.0. The van der Waals surface area contributed by atoms with Gasteiger partial charge in [0.2, 0.25) is 0 Å². The van der Waals surface area contributed by atoms with E-state index < -0.39 is 0 Å². The standard InChI is InChI=1S/C11H15BrN2OS/c1-14(5-6-16-2)11(15)9-4-3-8(12)7-10(9)13/h3-4,7H,5-6,13H2,1-2H3. The van der Waals surface area contributed by atoms with Gasteiger partial charge in [-0.05, 0) is 24.5 Å². The molecule has 0 aliphatic carbocycles. The topological polar surface area (TPSA) is 46.3 Å². The third kappa shape index (κ3) is 3.42. The first-order valence-corrected chi connectivity index (χ1v) is 7.04. The second-order valence-electron chi connectivity index (χ2n) is 3.45. The molecule has 0 aliphatic heterocycles. The van der Waals surface area contributed by atoms with Crippen molar-refractivity contribution in [3.8, 4) is 0 Å². The molecule has 0 aliphatic rings.